The first kappa shape index (κ1) is 12.3. The number of benzene rings is 1. The molecule has 92 valence electrons. The van der Waals surface area contributed by atoms with E-state index in [0.29, 0.717) is 5.69 Å². The number of anilines is 1. The topological polar surface area (TPSA) is 41.1 Å². The molecule has 1 aliphatic heterocycles. The lowest BCUT2D eigenvalue weighted by Gasteiger charge is -2.22. The number of halogens is 2. The minimum Gasteiger partial charge on any atom is -0.325 e. The van der Waals surface area contributed by atoms with Gasteiger partial charge in [0.25, 0.3) is 0 Å². The summed E-state index contributed by atoms with van der Waals surface area (Å²) < 4.78 is 13.1. The Hall–Kier alpha value is -1.13. The van der Waals surface area contributed by atoms with E-state index in [1.54, 1.807) is 0 Å². The van der Waals surface area contributed by atoms with Crippen molar-refractivity contribution < 1.29 is 9.18 Å². The summed E-state index contributed by atoms with van der Waals surface area (Å²) in [5.74, 6) is -0.587. The molecule has 0 spiro atoms. The second-order valence-electron chi connectivity index (χ2n) is 4.15. The van der Waals surface area contributed by atoms with Crippen LogP contribution in [0.15, 0.2) is 18.2 Å². The van der Waals surface area contributed by atoms with E-state index < -0.39 is 5.82 Å². The lowest BCUT2D eigenvalue weighted by Crippen LogP contribution is -2.43. The van der Waals surface area contributed by atoms with Gasteiger partial charge in [-0.2, -0.15) is 0 Å². The van der Waals surface area contributed by atoms with Crippen molar-refractivity contribution in [2.24, 2.45) is 0 Å². The molecule has 0 bridgehead atoms. The zero-order valence-electron chi connectivity index (χ0n) is 9.30. The Morgan fingerprint density at radius 2 is 2.24 bits per heavy atom. The van der Waals surface area contributed by atoms with E-state index in [2.05, 4.69) is 10.6 Å². The number of piperidine rings is 1. The highest BCUT2D eigenvalue weighted by atomic mass is 35.5. The van der Waals surface area contributed by atoms with Crippen LogP contribution >= 0.6 is 11.6 Å². The predicted octanol–water partition coefficient (Wildman–Crippen LogP) is 2.56. The lowest BCUT2D eigenvalue weighted by atomic mass is 10.0. The maximum Gasteiger partial charge on any atom is 0.241 e. The van der Waals surface area contributed by atoms with Crippen molar-refractivity contribution in [2.45, 2.75) is 25.3 Å². The Morgan fingerprint density at radius 1 is 1.41 bits per heavy atom. The molecule has 0 aliphatic carbocycles. The third-order valence-corrected chi connectivity index (χ3v) is 2.98. The first-order valence-electron chi connectivity index (χ1n) is 5.65. The molecule has 2 N–H and O–H groups in total. The molecule has 1 saturated heterocycles. The summed E-state index contributed by atoms with van der Waals surface area (Å²) in [5.41, 5.74) is 0.396. The molecule has 2 rings (SSSR count). The maximum atomic E-state index is 13.1. The number of amides is 1. The normalized spacial score (nSPS) is 20.0. The molecule has 1 amide bonds. The summed E-state index contributed by atoms with van der Waals surface area (Å²) in [6.45, 7) is 0.849. The number of nitrogens with one attached hydrogen (secondary N) is 2. The molecule has 1 aliphatic rings. The van der Waals surface area contributed by atoms with Crippen LogP contribution in [-0.4, -0.2) is 18.5 Å². The van der Waals surface area contributed by atoms with Gasteiger partial charge in [0.15, 0.2) is 0 Å². The molecular weight excluding hydrogens is 243 g/mol. The highest BCUT2D eigenvalue weighted by Gasteiger charge is 2.20. The van der Waals surface area contributed by atoms with Gasteiger partial charge in [-0.1, -0.05) is 18.0 Å². The van der Waals surface area contributed by atoms with Crippen LogP contribution in [0.5, 0.6) is 0 Å². The second-order valence-corrected chi connectivity index (χ2v) is 4.59. The molecule has 1 aromatic carbocycles. The summed E-state index contributed by atoms with van der Waals surface area (Å²) in [6.07, 6.45) is 2.94. The van der Waals surface area contributed by atoms with Crippen molar-refractivity contribution in [1.29, 1.82) is 0 Å². The smallest absolute Gasteiger partial charge is 0.241 e. The molecule has 5 heteroatoms. The average Bonchev–Trinajstić information content (AvgIpc) is 2.28. The van der Waals surface area contributed by atoms with Crippen LogP contribution in [0.25, 0.3) is 0 Å². The van der Waals surface area contributed by atoms with E-state index in [1.165, 1.54) is 18.2 Å². The minimum atomic E-state index is -0.454. The van der Waals surface area contributed by atoms with Gasteiger partial charge in [-0.15, -0.1) is 0 Å². The Morgan fingerprint density at radius 3 is 2.88 bits per heavy atom. The van der Waals surface area contributed by atoms with Gasteiger partial charge in [0, 0.05) is 10.7 Å². The van der Waals surface area contributed by atoms with E-state index in [0.717, 1.165) is 25.8 Å². The molecule has 1 heterocycles. The molecule has 17 heavy (non-hydrogen) atoms. The molecule has 0 unspecified atom stereocenters. The van der Waals surface area contributed by atoms with Gasteiger partial charge in [0.1, 0.15) is 5.82 Å². The molecular formula is C12H14ClFN2O. The van der Waals surface area contributed by atoms with Crippen LogP contribution in [0.1, 0.15) is 19.3 Å². The number of hydrogen-bond acceptors (Lipinski definition) is 2. The van der Waals surface area contributed by atoms with Gasteiger partial charge < -0.3 is 10.6 Å². The van der Waals surface area contributed by atoms with E-state index in [4.69, 9.17) is 11.6 Å². The van der Waals surface area contributed by atoms with Crippen molar-refractivity contribution in [1.82, 2.24) is 5.32 Å². The van der Waals surface area contributed by atoms with Crippen LogP contribution in [0, 0.1) is 5.82 Å². The lowest BCUT2D eigenvalue weighted by molar-refractivity contribution is -0.118. The van der Waals surface area contributed by atoms with Gasteiger partial charge in [0.05, 0.1) is 6.04 Å². The Labute approximate surface area is 104 Å². The molecule has 0 radical (unpaired) electrons. The van der Waals surface area contributed by atoms with Crippen LogP contribution in [0.4, 0.5) is 10.1 Å². The third kappa shape index (κ3) is 3.41. The summed E-state index contributed by atoms with van der Waals surface area (Å²) >= 11 is 5.71. The van der Waals surface area contributed by atoms with Gasteiger partial charge in [-0.3, -0.25) is 4.79 Å². The first-order valence-corrected chi connectivity index (χ1v) is 6.03. The van der Waals surface area contributed by atoms with E-state index in [9.17, 15) is 9.18 Å². The quantitative estimate of drug-likeness (QED) is 0.854. The highest BCUT2D eigenvalue weighted by molar-refractivity contribution is 6.30. The van der Waals surface area contributed by atoms with E-state index in [-0.39, 0.29) is 17.0 Å². The van der Waals surface area contributed by atoms with E-state index >= 15 is 0 Å². The average molecular weight is 257 g/mol. The monoisotopic (exact) mass is 256 g/mol. The molecule has 3 nitrogen and oxygen atoms in total. The van der Waals surface area contributed by atoms with Gasteiger partial charge >= 0.3 is 0 Å². The van der Waals surface area contributed by atoms with Crippen molar-refractivity contribution in [3.05, 3.63) is 29.0 Å². The highest BCUT2D eigenvalue weighted by Crippen LogP contribution is 2.19. The van der Waals surface area contributed by atoms with Crippen molar-refractivity contribution in [3.63, 3.8) is 0 Å². The molecule has 1 atom stereocenters. The molecule has 1 fully saturated rings. The number of rotatable bonds is 2. The molecule has 1 aromatic rings. The van der Waals surface area contributed by atoms with Crippen LogP contribution in [0.3, 0.4) is 0 Å². The Balaban J connectivity index is 2.01. The minimum absolute atomic E-state index is 0.133. The fourth-order valence-electron chi connectivity index (χ4n) is 1.93. The standard InChI is InChI=1S/C12H14ClFN2O/c13-8-5-9(14)7-10(6-8)16-12(17)11-3-1-2-4-15-11/h5-7,11,15H,1-4H2,(H,16,17)/t11-/m1/s1. The van der Waals surface area contributed by atoms with Crippen molar-refractivity contribution >= 4 is 23.2 Å². The maximum absolute atomic E-state index is 13.1. The van der Waals surface area contributed by atoms with Crippen molar-refractivity contribution in [3.8, 4) is 0 Å². The number of hydrogen-bond donors (Lipinski definition) is 2. The van der Waals surface area contributed by atoms with Crippen LogP contribution < -0.4 is 10.6 Å². The number of carbonyl (C=O) groups is 1. The Bertz CT molecular complexity index is 399. The zero-order chi connectivity index (χ0) is 12.3. The summed E-state index contributed by atoms with van der Waals surface area (Å²) in [4.78, 5) is 11.9. The molecule has 0 saturated carbocycles. The third-order valence-electron chi connectivity index (χ3n) is 2.76. The summed E-state index contributed by atoms with van der Waals surface area (Å²) in [7, 11) is 0. The van der Waals surface area contributed by atoms with Gasteiger partial charge in [-0.25, -0.2) is 4.39 Å². The summed E-state index contributed by atoms with van der Waals surface area (Å²) in [6, 6.07) is 3.81. The SMILES string of the molecule is O=C(Nc1cc(F)cc(Cl)c1)[C@H]1CCCCN1. The van der Waals surface area contributed by atoms with Crippen LogP contribution in [0.2, 0.25) is 5.02 Å². The largest absolute Gasteiger partial charge is 0.325 e. The fraction of sp³-hybridized carbons (Fsp3) is 0.417. The van der Waals surface area contributed by atoms with Crippen molar-refractivity contribution in [2.75, 3.05) is 11.9 Å². The number of carbonyl (C=O) groups excluding carboxylic acids is 1. The first-order chi connectivity index (χ1) is 8.15. The van der Waals surface area contributed by atoms with Crippen LogP contribution in [-0.2, 0) is 4.79 Å². The summed E-state index contributed by atoms with van der Waals surface area (Å²) in [5, 5.41) is 6.07. The van der Waals surface area contributed by atoms with E-state index in [1.807, 2.05) is 0 Å². The Kier molecular flexibility index (Phi) is 3.97. The second kappa shape index (κ2) is 5.47. The van der Waals surface area contributed by atoms with Gasteiger partial charge in [0.2, 0.25) is 5.91 Å². The zero-order valence-corrected chi connectivity index (χ0v) is 10.1. The fourth-order valence-corrected chi connectivity index (χ4v) is 2.15. The van der Waals surface area contributed by atoms with Gasteiger partial charge in [-0.05, 0) is 37.6 Å². The predicted molar refractivity (Wildman–Crippen MR) is 65.7 cm³/mol. The molecule has 0 aromatic heterocycles.